The van der Waals surface area contributed by atoms with Crippen LogP contribution in [-0.2, 0) is 0 Å². The summed E-state index contributed by atoms with van der Waals surface area (Å²) in [4.78, 5) is 19.9. The number of carbonyl (C=O) groups is 1. The summed E-state index contributed by atoms with van der Waals surface area (Å²) in [6.07, 6.45) is 0. The van der Waals surface area contributed by atoms with Crippen molar-refractivity contribution >= 4 is 51.1 Å². The zero-order chi connectivity index (χ0) is 20.5. The molecular formula is C22H21ClN2O3S. The number of carbonyl (C=O) groups excluding carboxylic acids is 1. The van der Waals surface area contributed by atoms with E-state index in [1.807, 2.05) is 51.1 Å². The normalized spacial score (nSPS) is 16.1. The number of fused-ring (bicyclic) bond motifs is 1. The Kier molecular flexibility index (Phi) is 5.56. The molecule has 1 aromatic heterocycles. The van der Waals surface area contributed by atoms with Crippen LogP contribution in [0.4, 0.5) is 5.69 Å². The number of hydrogen-bond acceptors (Lipinski definition) is 5. The molecule has 0 saturated heterocycles. The number of ether oxygens (including phenoxy) is 1. The van der Waals surface area contributed by atoms with E-state index in [1.165, 1.54) is 0 Å². The molecule has 0 unspecified atom stereocenters. The van der Waals surface area contributed by atoms with Gasteiger partial charge in [0.2, 0.25) is 0 Å². The van der Waals surface area contributed by atoms with Crippen molar-refractivity contribution in [1.29, 1.82) is 0 Å². The van der Waals surface area contributed by atoms with Gasteiger partial charge in [0.25, 0.3) is 5.91 Å². The number of nitrogens with zero attached hydrogens (tertiary/aromatic N) is 2. The van der Waals surface area contributed by atoms with Crippen molar-refractivity contribution in [1.82, 2.24) is 0 Å². The molecule has 29 heavy (non-hydrogen) atoms. The maximum Gasteiger partial charge on any atom is 0.300 e. The summed E-state index contributed by atoms with van der Waals surface area (Å²) in [7, 11) is 0. The van der Waals surface area contributed by atoms with Gasteiger partial charge in [0.05, 0.1) is 18.3 Å². The van der Waals surface area contributed by atoms with E-state index in [1.54, 1.807) is 28.8 Å². The second-order valence-electron chi connectivity index (χ2n) is 6.84. The summed E-state index contributed by atoms with van der Waals surface area (Å²) in [5.74, 6) is 1.64. The standard InChI is InChI=1S/C22H21ClN2O3S/c1-4-27-17-9-10-19-18(11-17)14(3)20(28-19)21(26)25(22-24-13(2)12-29-22)16-7-5-15(23)6-8-16/h5-11,13H,4,12H2,1-3H3/t13-/m1/s1. The lowest BCUT2D eigenvalue weighted by atomic mass is 10.1. The summed E-state index contributed by atoms with van der Waals surface area (Å²) in [6.45, 7) is 6.44. The number of halogens is 1. The van der Waals surface area contributed by atoms with Crippen molar-refractivity contribution < 1.29 is 13.9 Å². The molecule has 4 rings (SSSR count). The van der Waals surface area contributed by atoms with Gasteiger partial charge >= 0.3 is 0 Å². The molecule has 150 valence electrons. The smallest absolute Gasteiger partial charge is 0.300 e. The molecule has 0 aliphatic carbocycles. The highest BCUT2D eigenvalue weighted by Gasteiger charge is 2.31. The summed E-state index contributed by atoms with van der Waals surface area (Å²) in [5, 5.41) is 2.14. The molecule has 5 nitrogen and oxygen atoms in total. The van der Waals surface area contributed by atoms with Crippen LogP contribution in [0.3, 0.4) is 0 Å². The minimum atomic E-state index is -0.251. The third kappa shape index (κ3) is 3.87. The molecule has 0 spiro atoms. The van der Waals surface area contributed by atoms with Crippen LogP contribution >= 0.6 is 23.4 Å². The minimum Gasteiger partial charge on any atom is -0.494 e. The molecule has 0 saturated carbocycles. The number of amides is 1. The van der Waals surface area contributed by atoms with Crippen LogP contribution in [0.15, 0.2) is 51.9 Å². The number of amidine groups is 1. The van der Waals surface area contributed by atoms with Crippen molar-refractivity contribution in [2.75, 3.05) is 17.3 Å². The van der Waals surface area contributed by atoms with Crippen LogP contribution in [-0.4, -0.2) is 29.5 Å². The number of furan rings is 1. The average Bonchev–Trinajstić information content (AvgIpc) is 3.27. The zero-order valence-corrected chi connectivity index (χ0v) is 18.0. The van der Waals surface area contributed by atoms with Gasteiger partial charge < -0.3 is 9.15 Å². The van der Waals surface area contributed by atoms with Crippen molar-refractivity contribution in [3.8, 4) is 5.75 Å². The van der Waals surface area contributed by atoms with Crippen molar-refractivity contribution in [3.05, 3.63) is 58.8 Å². The fourth-order valence-corrected chi connectivity index (χ4v) is 4.41. The van der Waals surface area contributed by atoms with Crippen LogP contribution in [0.5, 0.6) is 5.75 Å². The van der Waals surface area contributed by atoms with Gasteiger partial charge in [-0.2, -0.15) is 0 Å². The lowest BCUT2D eigenvalue weighted by molar-refractivity contribution is 0.0978. The second kappa shape index (κ2) is 8.13. The average molecular weight is 429 g/mol. The molecular weight excluding hydrogens is 408 g/mol. The van der Waals surface area contributed by atoms with Crippen LogP contribution in [0.25, 0.3) is 11.0 Å². The number of anilines is 1. The van der Waals surface area contributed by atoms with Gasteiger partial charge in [-0.3, -0.25) is 14.7 Å². The molecule has 2 aromatic carbocycles. The molecule has 3 aromatic rings. The Hall–Kier alpha value is -2.44. The third-order valence-corrected chi connectivity index (χ3v) is 6.12. The van der Waals surface area contributed by atoms with E-state index in [0.29, 0.717) is 33.8 Å². The zero-order valence-electron chi connectivity index (χ0n) is 16.4. The van der Waals surface area contributed by atoms with Gasteiger partial charge in [-0.05, 0) is 63.2 Å². The highest BCUT2D eigenvalue weighted by Crippen LogP contribution is 2.33. The number of hydrogen-bond donors (Lipinski definition) is 0. The first-order valence-corrected chi connectivity index (χ1v) is 10.8. The highest BCUT2D eigenvalue weighted by atomic mass is 35.5. The first kappa shape index (κ1) is 19.9. The van der Waals surface area contributed by atoms with E-state index in [9.17, 15) is 4.79 Å². The first-order chi connectivity index (χ1) is 14.0. The van der Waals surface area contributed by atoms with Crippen LogP contribution in [0.1, 0.15) is 30.0 Å². The molecule has 0 N–H and O–H groups in total. The lowest BCUT2D eigenvalue weighted by Gasteiger charge is -2.21. The number of rotatable bonds is 4. The summed E-state index contributed by atoms with van der Waals surface area (Å²) in [5.41, 5.74) is 2.14. The fourth-order valence-electron chi connectivity index (χ4n) is 3.25. The number of aliphatic imine (C=N–C) groups is 1. The molecule has 1 aliphatic rings. The third-order valence-electron chi connectivity index (χ3n) is 4.68. The van der Waals surface area contributed by atoms with Crippen molar-refractivity contribution in [2.45, 2.75) is 26.8 Å². The quantitative estimate of drug-likeness (QED) is 0.516. The largest absolute Gasteiger partial charge is 0.494 e. The number of aryl methyl sites for hydroxylation is 1. The van der Waals surface area contributed by atoms with Crippen molar-refractivity contribution in [2.24, 2.45) is 4.99 Å². The Labute approximate surface area is 178 Å². The Morgan fingerprint density at radius 1 is 1.31 bits per heavy atom. The van der Waals surface area contributed by atoms with Crippen LogP contribution in [0.2, 0.25) is 5.02 Å². The van der Waals surface area contributed by atoms with Crippen molar-refractivity contribution in [3.63, 3.8) is 0 Å². The van der Waals surface area contributed by atoms with E-state index in [-0.39, 0.29) is 11.9 Å². The van der Waals surface area contributed by atoms with Crippen LogP contribution in [0, 0.1) is 6.92 Å². The van der Waals surface area contributed by atoms with Gasteiger partial charge in [0, 0.05) is 21.7 Å². The SMILES string of the molecule is CCOc1ccc2oc(C(=O)N(C3=N[C@H](C)CS3)c3ccc(Cl)cc3)c(C)c2c1. The Morgan fingerprint density at radius 2 is 2.07 bits per heavy atom. The summed E-state index contributed by atoms with van der Waals surface area (Å²) < 4.78 is 11.6. The summed E-state index contributed by atoms with van der Waals surface area (Å²) in [6, 6.07) is 12.9. The Bertz CT molecular complexity index is 1090. The molecule has 0 fully saturated rings. The molecule has 2 heterocycles. The van der Waals surface area contributed by atoms with E-state index in [0.717, 1.165) is 22.5 Å². The van der Waals surface area contributed by atoms with Crippen LogP contribution < -0.4 is 9.64 Å². The molecule has 1 aliphatic heterocycles. The van der Waals surface area contributed by atoms with Gasteiger partial charge in [-0.25, -0.2) is 0 Å². The highest BCUT2D eigenvalue weighted by molar-refractivity contribution is 8.14. The maximum absolute atomic E-state index is 13.6. The predicted molar refractivity (Wildman–Crippen MR) is 120 cm³/mol. The van der Waals surface area contributed by atoms with Gasteiger partial charge in [-0.15, -0.1) is 0 Å². The molecule has 1 amide bonds. The molecule has 0 radical (unpaired) electrons. The Balaban J connectivity index is 1.79. The molecule has 0 bridgehead atoms. The van der Waals surface area contributed by atoms with Gasteiger partial charge in [0.15, 0.2) is 10.9 Å². The topological polar surface area (TPSA) is 55.0 Å². The number of benzene rings is 2. The monoisotopic (exact) mass is 428 g/mol. The van der Waals surface area contributed by atoms with E-state index >= 15 is 0 Å². The number of thioether (sulfide) groups is 1. The van der Waals surface area contributed by atoms with E-state index in [2.05, 4.69) is 4.99 Å². The van der Waals surface area contributed by atoms with E-state index in [4.69, 9.17) is 20.8 Å². The predicted octanol–water partition coefficient (Wildman–Crippen LogP) is 5.93. The van der Waals surface area contributed by atoms with E-state index < -0.39 is 0 Å². The maximum atomic E-state index is 13.6. The summed E-state index contributed by atoms with van der Waals surface area (Å²) >= 11 is 7.61. The fraction of sp³-hybridized carbons (Fsp3) is 0.273. The molecule has 7 heteroatoms. The Morgan fingerprint density at radius 3 is 2.72 bits per heavy atom. The first-order valence-electron chi connectivity index (χ1n) is 9.44. The second-order valence-corrected chi connectivity index (χ2v) is 8.26. The minimum absolute atomic E-state index is 0.156. The van der Waals surface area contributed by atoms with Gasteiger partial charge in [0.1, 0.15) is 11.3 Å². The lowest BCUT2D eigenvalue weighted by Crippen LogP contribution is -2.34. The van der Waals surface area contributed by atoms with Gasteiger partial charge in [-0.1, -0.05) is 23.4 Å². The molecule has 1 atom stereocenters.